The van der Waals surface area contributed by atoms with Crippen molar-refractivity contribution in [3.63, 3.8) is 0 Å². The summed E-state index contributed by atoms with van der Waals surface area (Å²) in [4.78, 5) is 4.38. The molecule has 3 heteroatoms. The maximum Gasteiger partial charge on any atom is 0.0402 e. The van der Waals surface area contributed by atoms with Crippen molar-refractivity contribution in [1.29, 1.82) is 0 Å². The van der Waals surface area contributed by atoms with Gasteiger partial charge in [0, 0.05) is 30.2 Å². The van der Waals surface area contributed by atoms with E-state index < -0.39 is 0 Å². The van der Waals surface area contributed by atoms with Crippen molar-refractivity contribution in [3.05, 3.63) is 29.1 Å². The fraction of sp³-hybridized carbons (Fsp3) is 0.583. The number of rotatable bonds is 3. The van der Waals surface area contributed by atoms with Crippen LogP contribution in [0.5, 0.6) is 0 Å². The molecule has 0 aliphatic carbocycles. The highest BCUT2D eigenvalue weighted by atomic mass is 32.2. The number of hydrogen-bond acceptors (Lipinski definition) is 3. The molecular weight excluding hydrogens is 204 g/mol. The minimum atomic E-state index is 0.705. The normalized spacial score (nSPS) is 20.8. The molecule has 2 heterocycles. The number of hydrogen-bond donors (Lipinski definition) is 1. The molecule has 1 saturated heterocycles. The van der Waals surface area contributed by atoms with Crippen LogP contribution >= 0.6 is 11.8 Å². The second-order valence-electron chi connectivity index (χ2n) is 4.19. The highest BCUT2D eigenvalue weighted by molar-refractivity contribution is 7.99. The molecule has 2 nitrogen and oxygen atoms in total. The molecule has 0 radical (unpaired) electrons. The fourth-order valence-electron chi connectivity index (χ4n) is 1.76. The molecule has 1 N–H and O–H groups in total. The molecule has 1 atom stereocenters. The summed E-state index contributed by atoms with van der Waals surface area (Å²) >= 11 is 2.04. The summed E-state index contributed by atoms with van der Waals surface area (Å²) in [6.07, 6.45) is 3.29. The lowest BCUT2D eigenvalue weighted by molar-refractivity contribution is 0.557. The van der Waals surface area contributed by atoms with Crippen LogP contribution in [0.4, 0.5) is 0 Å². The summed E-state index contributed by atoms with van der Waals surface area (Å²) in [5.74, 6) is 2.57. The van der Waals surface area contributed by atoms with Crippen LogP contribution in [-0.2, 0) is 6.54 Å². The predicted octanol–water partition coefficient (Wildman–Crippen LogP) is 2.29. The second kappa shape index (κ2) is 4.99. The van der Waals surface area contributed by atoms with Crippen LogP contribution in [0.1, 0.15) is 23.2 Å². The highest BCUT2D eigenvalue weighted by Crippen LogP contribution is 2.17. The van der Waals surface area contributed by atoms with E-state index in [4.69, 9.17) is 0 Å². The average Bonchev–Trinajstić information content (AvgIpc) is 2.73. The van der Waals surface area contributed by atoms with Gasteiger partial charge in [0.2, 0.25) is 0 Å². The Kier molecular flexibility index (Phi) is 3.65. The smallest absolute Gasteiger partial charge is 0.0402 e. The van der Waals surface area contributed by atoms with E-state index in [-0.39, 0.29) is 0 Å². The topological polar surface area (TPSA) is 24.9 Å². The first kappa shape index (κ1) is 11.0. The summed E-state index contributed by atoms with van der Waals surface area (Å²) in [5, 5.41) is 3.58. The predicted molar refractivity (Wildman–Crippen MR) is 66.3 cm³/mol. The van der Waals surface area contributed by atoms with Crippen molar-refractivity contribution in [2.24, 2.45) is 0 Å². The van der Waals surface area contributed by atoms with Crippen LogP contribution in [-0.4, -0.2) is 22.5 Å². The third-order valence-corrected chi connectivity index (χ3v) is 4.08. The lowest BCUT2D eigenvalue weighted by Crippen LogP contribution is -2.28. The van der Waals surface area contributed by atoms with Gasteiger partial charge >= 0.3 is 0 Å². The van der Waals surface area contributed by atoms with Gasteiger partial charge < -0.3 is 5.32 Å². The van der Waals surface area contributed by atoms with E-state index in [0.29, 0.717) is 6.04 Å². The molecule has 1 aliphatic heterocycles. The van der Waals surface area contributed by atoms with E-state index in [1.54, 1.807) is 0 Å². The largest absolute Gasteiger partial charge is 0.309 e. The van der Waals surface area contributed by atoms with Gasteiger partial charge in [-0.25, -0.2) is 0 Å². The van der Waals surface area contributed by atoms with E-state index in [2.05, 4.69) is 30.2 Å². The van der Waals surface area contributed by atoms with Crippen LogP contribution < -0.4 is 5.32 Å². The Morgan fingerprint density at radius 1 is 1.53 bits per heavy atom. The zero-order chi connectivity index (χ0) is 10.7. The molecule has 1 aliphatic rings. The highest BCUT2D eigenvalue weighted by Gasteiger charge is 2.14. The van der Waals surface area contributed by atoms with Gasteiger partial charge in [-0.05, 0) is 37.1 Å². The molecule has 2 rings (SSSR count). The van der Waals surface area contributed by atoms with E-state index in [9.17, 15) is 0 Å². The minimum absolute atomic E-state index is 0.705. The van der Waals surface area contributed by atoms with Crippen molar-refractivity contribution in [2.45, 2.75) is 32.9 Å². The third-order valence-electron chi connectivity index (χ3n) is 2.92. The molecule has 0 amide bonds. The van der Waals surface area contributed by atoms with Crippen molar-refractivity contribution in [1.82, 2.24) is 10.3 Å². The van der Waals surface area contributed by atoms with Crippen LogP contribution in [0.15, 0.2) is 12.3 Å². The zero-order valence-corrected chi connectivity index (χ0v) is 10.2. The first-order chi connectivity index (χ1) is 7.25. The SMILES string of the molecule is Cc1cc(CN[C@H]2CCSC2)cnc1C. The second-order valence-corrected chi connectivity index (χ2v) is 5.34. The molecule has 82 valence electrons. The Morgan fingerprint density at radius 2 is 2.40 bits per heavy atom. The van der Waals surface area contributed by atoms with E-state index in [0.717, 1.165) is 12.2 Å². The number of thioether (sulfide) groups is 1. The average molecular weight is 222 g/mol. The van der Waals surface area contributed by atoms with Crippen molar-refractivity contribution < 1.29 is 0 Å². The number of pyridine rings is 1. The Balaban J connectivity index is 1.90. The maximum atomic E-state index is 4.38. The summed E-state index contributed by atoms with van der Waals surface area (Å²) in [6, 6.07) is 2.94. The van der Waals surface area contributed by atoms with Crippen LogP contribution in [0.2, 0.25) is 0 Å². The third kappa shape index (κ3) is 2.95. The first-order valence-electron chi connectivity index (χ1n) is 5.49. The minimum Gasteiger partial charge on any atom is -0.309 e. The molecule has 0 bridgehead atoms. The number of nitrogens with zero attached hydrogens (tertiary/aromatic N) is 1. The summed E-state index contributed by atoms with van der Waals surface area (Å²) < 4.78 is 0. The van der Waals surface area contributed by atoms with E-state index in [1.165, 1.54) is 29.1 Å². The lowest BCUT2D eigenvalue weighted by Gasteiger charge is -2.11. The Morgan fingerprint density at radius 3 is 3.07 bits per heavy atom. The van der Waals surface area contributed by atoms with Crippen LogP contribution in [0.3, 0.4) is 0 Å². The molecule has 1 aromatic rings. The van der Waals surface area contributed by atoms with Gasteiger partial charge in [0.1, 0.15) is 0 Å². The van der Waals surface area contributed by atoms with Crippen molar-refractivity contribution in [3.8, 4) is 0 Å². The van der Waals surface area contributed by atoms with Gasteiger partial charge in [0.05, 0.1) is 0 Å². The molecule has 0 unspecified atom stereocenters. The Hall–Kier alpha value is -0.540. The van der Waals surface area contributed by atoms with E-state index in [1.807, 2.05) is 18.0 Å². The number of aryl methyl sites for hydroxylation is 2. The summed E-state index contributed by atoms with van der Waals surface area (Å²) in [6.45, 7) is 5.14. The number of nitrogens with one attached hydrogen (secondary N) is 1. The van der Waals surface area contributed by atoms with Crippen LogP contribution in [0, 0.1) is 13.8 Å². The molecule has 0 spiro atoms. The molecule has 15 heavy (non-hydrogen) atoms. The van der Waals surface area contributed by atoms with Gasteiger partial charge in [0.15, 0.2) is 0 Å². The molecule has 0 aromatic carbocycles. The molecule has 0 saturated carbocycles. The van der Waals surface area contributed by atoms with E-state index >= 15 is 0 Å². The van der Waals surface area contributed by atoms with Gasteiger partial charge in [-0.1, -0.05) is 6.07 Å². The molecule has 1 aromatic heterocycles. The Labute approximate surface area is 95.9 Å². The lowest BCUT2D eigenvalue weighted by atomic mass is 10.1. The molecule has 1 fully saturated rings. The standard InChI is InChI=1S/C12H18N2S/c1-9-5-11(6-13-10(9)2)7-14-12-3-4-15-8-12/h5-6,12,14H,3-4,7-8H2,1-2H3/t12-/m0/s1. The Bertz CT molecular complexity index is 332. The number of aromatic nitrogens is 1. The molecular formula is C12H18N2S. The van der Waals surface area contributed by atoms with Gasteiger partial charge in [0.25, 0.3) is 0 Å². The van der Waals surface area contributed by atoms with Crippen molar-refractivity contribution >= 4 is 11.8 Å². The van der Waals surface area contributed by atoms with Gasteiger partial charge in [-0.3, -0.25) is 4.98 Å². The quantitative estimate of drug-likeness (QED) is 0.849. The van der Waals surface area contributed by atoms with Crippen molar-refractivity contribution in [2.75, 3.05) is 11.5 Å². The van der Waals surface area contributed by atoms with Gasteiger partial charge in [-0.15, -0.1) is 0 Å². The summed E-state index contributed by atoms with van der Waals surface area (Å²) in [7, 11) is 0. The summed E-state index contributed by atoms with van der Waals surface area (Å²) in [5.41, 5.74) is 3.72. The fourth-order valence-corrected chi connectivity index (χ4v) is 2.94. The van der Waals surface area contributed by atoms with Crippen LogP contribution in [0.25, 0.3) is 0 Å². The monoisotopic (exact) mass is 222 g/mol. The zero-order valence-electron chi connectivity index (χ0n) is 9.42. The van der Waals surface area contributed by atoms with Gasteiger partial charge in [-0.2, -0.15) is 11.8 Å². The first-order valence-corrected chi connectivity index (χ1v) is 6.64. The maximum absolute atomic E-state index is 4.38.